The number of rotatable bonds is 2. The molecular formula is C11H6BrCl2FN2. The Labute approximate surface area is 116 Å². The topological polar surface area (TPSA) is 24.9 Å². The van der Waals surface area contributed by atoms with Crippen LogP contribution in [0.5, 0.6) is 0 Å². The number of benzene rings is 1. The minimum Gasteiger partial charge on any atom is -0.338 e. The van der Waals surface area contributed by atoms with Gasteiger partial charge in [0.15, 0.2) is 0 Å². The highest BCUT2D eigenvalue weighted by Crippen LogP contribution is 2.30. The number of halogens is 4. The lowest BCUT2D eigenvalue weighted by Crippen LogP contribution is -1.95. The van der Waals surface area contributed by atoms with Crippen molar-refractivity contribution in [2.24, 2.45) is 0 Å². The van der Waals surface area contributed by atoms with E-state index in [0.717, 1.165) is 0 Å². The monoisotopic (exact) mass is 334 g/mol. The van der Waals surface area contributed by atoms with Gasteiger partial charge in [0.05, 0.1) is 20.2 Å². The zero-order valence-electron chi connectivity index (χ0n) is 8.35. The number of aromatic nitrogens is 1. The number of hydrogen-bond acceptors (Lipinski definition) is 2. The van der Waals surface area contributed by atoms with Crippen LogP contribution < -0.4 is 5.32 Å². The predicted octanol–water partition coefficient (Wildman–Crippen LogP) is 5.03. The molecule has 1 aromatic carbocycles. The maximum Gasteiger partial charge on any atom is 0.144 e. The molecule has 88 valence electrons. The van der Waals surface area contributed by atoms with Gasteiger partial charge in [-0.05, 0) is 40.2 Å². The molecule has 0 fully saturated rings. The van der Waals surface area contributed by atoms with Crippen molar-refractivity contribution in [3.8, 4) is 0 Å². The van der Waals surface area contributed by atoms with Crippen LogP contribution in [0.15, 0.2) is 34.9 Å². The second kappa shape index (κ2) is 5.21. The molecule has 0 aliphatic rings. The Morgan fingerprint density at radius 3 is 2.71 bits per heavy atom. The smallest absolute Gasteiger partial charge is 0.144 e. The molecule has 1 N–H and O–H groups in total. The van der Waals surface area contributed by atoms with Gasteiger partial charge >= 0.3 is 0 Å². The molecule has 0 saturated carbocycles. The first-order valence-electron chi connectivity index (χ1n) is 4.59. The third-order valence-corrected chi connectivity index (χ3v) is 3.13. The number of anilines is 2. The molecule has 2 rings (SSSR count). The van der Waals surface area contributed by atoms with Crippen LogP contribution in [0.2, 0.25) is 10.0 Å². The average Bonchev–Trinajstić information content (AvgIpc) is 2.27. The fourth-order valence-electron chi connectivity index (χ4n) is 1.23. The van der Waals surface area contributed by atoms with E-state index in [4.69, 9.17) is 23.2 Å². The Hall–Kier alpha value is -0.840. The quantitative estimate of drug-likeness (QED) is 0.832. The van der Waals surface area contributed by atoms with E-state index in [9.17, 15) is 4.39 Å². The van der Waals surface area contributed by atoms with Gasteiger partial charge in [-0.1, -0.05) is 23.2 Å². The molecule has 0 spiro atoms. The third kappa shape index (κ3) is 3.09. The maximum atomic E-state index is 13.1. The van der Waals surface area contributed by atoms with Crippen LogP contribution in [0.4, 0.5) is 15.9 Å². The normalized spacial score (nSPS) is 10.4. The molecule has 1 aromatic heterocycles. The lowest BCUT2D eigenvalue weighted by atomic mass is 10.3. The molecule has 17 heavy (non-hydrogen) atoms. The van der Waals surface area contributed by atoms with Crippen molar-refractivity contribution in [3.63, 3.8) is 0 Å². The molecule has 0 aliphatic heterocycles. The maximum absolute atomic E-state index is 13.1. The number of nitrogens with one attached hydrogen (secondary N) is 1. The van der Waals surface area contributed by atoms with Crippen LogP contribution in [0.1, 0.15) is 0 Å². The first-order chi connectivity index (χ1) is 8.06. The minimum absolute atomic E-state index is 0.373. The third-order valence-electron chi connectivity index (χ3n) is 1.99. The number of nitrogens with zero attached hydrogens (tertiary/aromatic N) is 1. The van der Waals surface area contributed by atoms with Crippen molar-refractivity contribution in [3.05, 3.63) is 50.8 Å². The van der Waals surface area contributed by atoms with Crippen molar-refractivity contribution in [2.75, 3.05) is 5.32 Å². The van der Waals surface area contributed by atoms with Gasteiger partial charge in [-0.15, -0.1) is 0 Å². The molecule has 1 heterocycles. The van der Waals surface area contributed by atoms with Gasteiger partial charge in [-0.2, -0.15) is 0 Å². The van der Waals surface area contributed by atoms with Crippen LogP contribution in [-0.4, -0.2) is 4.98 Å². The summed E-state index contributed by atoms with van der Waals surface area (Å²) >= 11 is 15.0. The lowest BCUT2D eigenvalue weighted by Gasteiger charge is -2.09. The van der Waals surface area contributed by atoms with Crippen LogP contribution >= 0.6 is 39.1 Å². The molecule has 0 atom stereocenters. The second-order valence-corrected chi connectivity index (χ2v) is 4.93. The Bertz CT molecular complexity index is 563. The molecule has 0 aliphatic carbocycles. The molecular weight excluding hydrogens is 330 g/mol. The van der Waals surface area contributed by atoms with Crippen molar-refractivity contribution in [2.45, 2.75) is 0 Å². The summed E-state index contributed by atoms with van der Waals surface area (Å²) in [6.45, 7) is 0. The zero-order valence-corrected chi connectivity index (χ0v) is 11.4. The lowest BCUT2D eigenvalue weighted by molar-refractivity contribution is 0.628. The van der Waals surface area contributed by atoms with Crippen LogP contribution in [-0.2, 0) is 0 Å². The first-order valence-corrected chi connectivity index (χ1v) is 6.14. The first kappa shape index (κ1) is 12.6. The Balaban J connectivity index is 2.34. The standard InChI is InChI=1S/C11H6BrCl2FN2/c12-8-3-6(13)5-16-11(8)17-10-4-7(15)1-2-9(10)14/h1-5H,(H,16,17). The fourth-order valence-corrected chi connectivity index (χ4v) is 2.13. The summed E-state index contributed by atoms with van der Waals surface area (Å²) in [5.41, 5.74) is 0.446. The van der Waals surface area contributed by atoms with E-state index in [0.29, 0.717) is 26.0 Å². The van der Waals surface area contributed by atoms with Crippen molar-refractivity contribution in [1.29, 1.82) is 0 Å². The van der Waals surface area contributed by atoms with Gasteiger partial charge in [0, 0.05) is 6.20 Å². The molecule has 0 bridgehead atoms. The Kier molecular flexibility index (Phi) is 3.86. The summed E-state index contributed by atoms with van der Waals surface area (Å²) in [4.78, 5) is 4.07. The summed E-state index contributed by atoms with van der Waals surface area (Å²) in [5.74, 6) is 0.142. The molecule has 0 amide bonds. The van der Waals surface area contributed by atoms with E-state index >= 15 is 0 Å². The summed E-state index contributed by atoms with van der Waals surface area (Å²) in [7, 11) is 0. The van der Waals surface area contributed by atoms with E-state index in [-0.39, 0.29) is 5.82 Å². The van der Waals surface area contributed by atoms with Crippen molar-refractivity contribution < 1.29 is 4.39 Å². The second-order valence-electron chi connectivity index (χ2n) is 3.23. The van der Waals surface area contributed by atoms with Crippen LogP contribution in [0.25, 0.3) is 0 Å². The highest BCUT2D eigenvalue weighted by molar-refractivity contribution is 9.10. The van der Waals surface area contributed by atoms with E-state index < -0.39 is 0 Å². The van der Waals surface area contributed by atoms with E-state index in [2.05, 4.69) is 26.2 Å². The van der Waals surface area contributed by atoms with Gasteiger partial charge in [0.2, 0.25) is 0 Å². The van der Waals surface area contributed by atoms with Gasteiger partial charge in [-0.25, -0.2) is 9.37 Å². The zero-order chi connectivity index (χ0) is 12.4. The Morgan fingerprint density at radius 1 is 1.24 bits per heavy atom. The summed E-state index contributed by atoms with van der Waals surface area (Å²) in [6, 6.07) is 5.75. The van der Waals surface area contributed by atoms with E-state index in [1.54, 1.807) is 6.07 Å². The van der Waals surface area contributed by atoms with Crippen molar-refractivity contribution in [1.82, 2.24) is 4.98 Å². The van der Waals surface area contributed by atoms with Gasteiger partial charge in [-0.3, -0.25) is 0 Å². The molecule has 2 nitrogen and oxygen atoms in total. The van der Waals surface area contributed by atoms with Gasteiger partial charge in [0.25, 0.3) is 0 Å². The average molecular weight is 336 g/mol. The summed E-state index contributed by atoms with van der Waals surface area (Å²) in [6.07, 6.45) is 1.49. The van der Waals surface area contributed by atoms with E-state index in [1.165, 1.54) is 24.4 Å². The molecule has 0 saturated heterocycles. The SMILES string of the molecule is Fc1ccc(Cl)c(Nc2ncc(Cl)cc2Br)c1. The molecule has 0 unspecified atom stereocenters. The largest absolute Gasteiger partial charge is 0.338 e. The van der Waals surface area contributed by atoms with Gasteiger partial charge < -0.3 is 5.32 Å². The highest BCUT2D eigenvalue weighted by atomic mass is 79.9. The number of pyridine rings is 1. The highest BCUT2D eigenvalue weighted by Gasteiger charge is 2.06. The minimum atomic E-state index is -0.373. The summed E-state index contributed by atoms with van der Waals surface area (Å²) < 4.78 is 13.7. The molecule has 2 aromatic rings. The van der Waals surface area contributed by atoms with Crippen LogP contribution in [0, 0.1) is 5.82 Å². The van der Waals surface area contributed by atoms with Gasteiger partial charge in [0.1, 0.15) is 11.6 Å². The number of hydrogen-bond donors (Lipinski definition) is 1. The van der Waals surface area contributed by atoms with Crippen molar-refractivity contribution >= 4 is 50.6 Å². The fraction of sp³-hybridized carbons (Fsp3) is 0. The molecule has 6 heteroatoms. The van der Waals surface area contributed by atoms with E-state index in [1.807, 2.05) is 0 Å². The molecule has 0 radical (unpaired) electrons. The van der Waals surface area contributed by atoms with Crippen LogP contribution in [0.3, 0.4) is 0 Å². The predicted molar refractivity (Wildman–Crippen MR) is 71.6 cm³/mol. The summed E-state index contributed by atoms with van der Waals surface area (Å²) in [5, 5.41) is 3.84. The Morgan fingerprint density at radius 2 is 2.00 bits per heavy atom.